The van der Waals surface area contributed by atoms with Crippen molar-refractivity contribution in [3.63, 3.8) is 0 Å². The third kappa shape index (κ3) is 3.53. The Morgan fingerprint density at radius 2 is 1.96 bits per heavy atom. The molecule has 2 aromatic heterocycles. The molecule has 0 aliphatic rings. The summed E-state index contributed by atoms with van der Waals surface area (Å²) in [5.41, 5.74) is 1.37. The summed E-state index contributed by atoms with van der Waals surface area (Å²) in [7, 11) is 2.06. The highest BCUT2D eigenvalue weighted by molar-refractivity contribution is 5.76. The molecule has 3 rings (SSSR count). The Balaban J connectivity index is 1.80. The van der Waals surface area contributed by atoms with Gasteiger partial charge in [0.15, 0.2) is 0 Å². The van der Waals surface area contributed by atoms with Crippen LogP contribution in [0, 0.1) is 5.92 Å². The highest BCUT2D eigenvalue weighted by Gasteiger charge is 2.07. The van der Waals surface area contributed by atoms with Gasteiger partial charge >= 0.3 is 6.01 Å². The molecule has 0 aliphatic heterocycles. The Morgan fingerprint density at radius 1 is 1.21 bits per heavy atom. The maximum absolute atomic E-state index is 12.0. The molecule has 0 spiro atoms. The van der Waals surface area contributed by atoms with Crippen molar-refractivity contribution in [3.8, 4) is 11.8 Å². The van der Waals surface area contributed by atoms with Crippen LogP contribution in [0.5, 0.6) is 11.8 Å². The SMILES string of the molecule is CC(C)CN(C)c1ccc(Oc2nc3cnccc3c(=O)[nH]2)cc1. The van der Waals surface area contributed by atoms with Crippen LogP contribution in [0.1, 0.15) is 13.8 Å². The molecule has 6 heteroatoms. The molecule has 1 aromatic carbocycles. The number of aromatic amines is 1. The zero-order valence-electron chi connectivity index (χ0n) is 14.0. The average molecular weight is 324 g/mol. The summed E-state index contributed by atoms with van der Waals surface area (Å²) in [5.74, 6) is 1.20. The number of aromatic nitrogens is 3. The predicted octanol–water partition coefficient (Wildman–Crippen LogP) is 3.20. The van der Waals surface area contributed by atoms with Crippen LogP contribution in [-0.4, -0.2) is 28.5 Å². The van der Waals surface area contributed by atoms with Crippen molar-refractivity contribution in [1.29, 1.82) is 0 Å². The summed E-state index contributed by atoms with van der Waals surface area (Å²) in [6.45, 7) is 5.35. The molecule has 24 heavy (non-hydrogen) atoms. The number of H-pyrrole nitrogens is 1. The summed E-state index contributed by atoms with van der Waals surface area (Å²) in [6.07, 6.45) is 3.10. The molecule has 0 bridgehead atoms. The number of nitrogens with one attached hydrogen (secondary N) is 1. The molecule has 3 aromatic rings. The van der Waals surface area contributed by atoms with Gasteiger partial charge in [-0.25, -0.2) is 0 Å². The second-order valence-corrected chi connectivity index (χ2v) is 6.13. The Bertz CT molecular complexity index is 887. The molecule has 0 radical (unpaired) electrons. The molecular formula is C18H20N4O2. The van der Waals surface area contributed by atoms with Gasteiger partial charge in [0, 0.05) is 25.5 Å². The van der Waals surface area contributed by atoms with Gasteiger partial charge < -0.3 is 9.64 Å². The van der Waals surface area contributed by atoms with Crippen LogP contribution >= 0.6 is 0 Å². The highest BCUT2D eigenvalue weighted by Crippen LogP contribution is 2.22. The minimum atomic E-state index is -0.245. The molecule has 0 amide bonds. The Morgan fingerprint density at radius 3 is 2.67 bits per heavy atom. The third-order valence-electron chi connectivity index (χ3n) is 3.62. The van der Waals surface area contributed by atoms with Gasteiger partial charge in [-0.15, -0.1) is 0 Å². The average Bonchev–Trinajstić information content (AvgIpc) is 2.55. The van der Waals surface area contributed by atoms with Gasteiger partial charge in [0.1, 0.15) is 5.75 Å². The van der Waals surface area contributed by atoms with Crippen molar-refractivity contribution in [3.05, 3.63) is 53.1 Å². The van der Waals surface area contributed by atoms with Crippen molar-refractivity contribution < 1.29 is 4.74 Å². The molecule has 1 N–H and O–H groups in total. The van der Waals surface area contributed by atoms with Crippen LogP contribution in [0.15, 0.2) is 47.5 Å². The standard InChI is InChI=1S/C18H20N4O2/c1-12(2)11-22(3)13-4-6-14(7-5-13)24-18-20-16-10-19-9-8-15(16)17(23)21-18/h4-10,12H,11H2,1-3H3,(H,20,21,23). The second kappa shape index (κ2) is 6.70. The second-order valence-electron chi connectivity index (χ2n) is 6.13. The van der Waals surface area contributed by atoms with Crippen LogP contribution in [0.2, 0.25) is 0 Å². The fourth-order valence-corrected chi connectivity index (χ4v) is 2.55. The first-order chi connectivity index (χ1) is 11.5. The highest BCUT2D eigenvalue weighted by atomic mass is 16.5. The summed E-state index contributed by atoms with van der Waals surface area (Å²) < 4.78 is 5.67. The Labute approximate surface area is 140 Å². The summed E-state index contributed by atoms with van der Waals surface area (Å²) >= 11 is 0. The topological polar surface area (TPSA) is 71.1 Å². The van der Waals surface area contributed by atoms with Crippen molar-refractivity contribution in [1.82, 2.24) is 15.0 Å². The fraction of sp³-hybridized carbons (Fsp3) is 0.278. The van der Waals surface area contributed by atoms with E-state index in [1.165, 1.54) is 0 Å². The van der Waals surface area contributed by atoms with E-state index in [-0.39, 0.29) is 11.6 Å². The maximum atomic E-state index is 12.0. The quantitative estimate of drug-likeness (QED) is 0.780. The van der Waals surface area contributed by atoms with E-state index in [9.17, 15) is 4.79 Å². The molecule has 0 aliphatic carbocycles. The lowest BCUT2D eigenvalue weighted by atomic mass is 10.2. The lowest BCUT2D eigenvalue weighted by molar-refractivity contribution is 0.442. The van der Waals surface area contributed by atoms with Gasteiger partial charge in [-0.1, -0.05) is 13.8 Å². The van der Waals surface area contributed by atoms with Crippen LogP contribution < -0.4 is 15.2 Å². The van der Waals surface area contributed by atoms with E-state index in [0.717, 1.165) is 12.2 Å². The number of hydrogen-bond donors (Lipinski definition) is 1. The molecule has 124 valence electrons. The van der Waals surface area contributed by atoms with Crippen LogP contribution in [0.25, 0.3) is 10.9 Å². The lowest BCUT2D eigenvalue weighted by Crippen LogP contribution is -2.22. The molecule has 0 unspecified atom stereocenters. The van der Waals surface area contributed by atoms with Gasteiger partial charge in [0.05, 0.1) is 17.1 Å². The zero-order valence-corrected chi connectivity index (χ0v) is 14.0. The van der Waals surface area contributed by atoms with E-state index >= 15 is 0 Å². The smallest absolute Gasteiger partial charge is 0.302 e. The molecular weight excluding hydrogens is 304 g/mol. The number of anilines is 1. The van der Waals surface area contributed by atoms with E-state index in [2.05, 4.69) is 40.7 Å². The number of ether oxygens (including phenoxy) is 1. The monoisotopic (exact) mass is 324 g/mol. The van der Waals surface area contributed by atoms with Gasteiger partial charge in [-0.3, -0.25) is 14.8 Å². The normalized spacial score (nSPS) is 11.0. The van der Waals surface area contributed by atoms with Crippen LogP contribution in [-0.2, 0) is 0 Å². The van der Waals surface area contributed by atoms with E-state index in [1.54, 1.807) is 18.5 Å². The largest absolute Gasteiger partial charge is 0.426 e. The summed E-state index contributed by atoms with van der Waals surface area (Å²) in [6, 6.07) is 9.48. The lowest BCUT2D eigenvalue weighted by Gasteiger charge is -2.21. The first-order valence-electron chi connectivity index (χ1n) is 7.86. The molecule has 0 fully saturated rings. The third-order valence-corrected chi connectivity index (χ3v) is 3.62. The van der Waals surface area contributed by atoms with Crippen molar-refractivity contribution in [2.75, 3.05) is 18.5 Å². The van der Waals surface area contributed by atoms with E-state index < -0.39 is 0 Å². The first-order valence-corrected chi connectivity index (χ1v) is 7.86. The van der Waals surface area contributed by atoms with Crippen molar-refractivity contribution >= 4 is 16.6 Å². The Kier molecular flexibility index (Phi) is 4.46. The first kappa shape index (κ1) is 16.0. The number of rotatable bonds is 5. The van der Waals surface area contributed by atoms with E-state index in [0.29, 0.717) is 22.6 Å². The number of nitrogens with zero attached hydrogens (tertiary/aromatic N) is 3. The zero-order chi connectivity index (χ0) is 17.1. The summed E-state index contributed by atoms with van der Waals surface area (Å²) in [4.78, 5) is 25.1. The van der Waals surface area contributed by atoms with Gasteiger partial charge in [-0.2, -0.15) is 4.98 Å². The van der Waals surface area contributed by atoms with Gasteiger partial charge in [-0.05, 0) is 36.2 Å². The number of benzene rings is 1. The van der Waals surface area contributed by atoms with Gasteiger partial charge in [0.25, 0.3) is 5.56 Å². The molecule has 2 heterocycles. The summed E-state index contributed by atoms with van der Waals surface area (Å²) in [5, 5.41) is 0.489. The molecule has 0 saturated heterocycles. The van der Waals surface area contributed by atoms with E-state index in [4.69, 9.17) is 4.74 Å². The maximum Gasteiger partial charge on any atom is 0.302 e. The number of hydrogen-bond acceptors (Lipinski definition) is 5. The minimum absolute atomic E-state index is 0.156. The van der Waals surface area contributed by atoms with Gasteiger partial charge in [0.2, 0.25) is 0 Å². The molecule has 6 nitrogen and oxygen atoms in total. The number of pyridine rings is 1. The van der Waals surface area contributed by atoms with Crippen molar-refractivity contribution in [2.24, 2.45) is 5.92 Å². The number of fused-ring (bicyclic) bond motifs is 1. The molecule has 0 atom stereocenters. The predicted molar refractivity (Wildman–Crippen MR) is 94.8 cm³/mol. The van der Waals surface area contributed by atoms with Crippen molar-refractivity contribution in [2.45, 2.75) is 13.8 Å². The van der Waals surface area contributed by atoms with E-state index in [1.807, 2.05) is 24.3 Å². The van der Waals surface area contributed by atoms with Crippen LogP contribution in [0.4, 0.5) is 5.69 Å². The Hall–Kier alpha value is -2.89. The fourth-order valence-electron chi connectivity index (χ4n) is 2.55. The molecule has 0 saturated carbocycles. The van der Waals surface area contributed by atoms with Crippen LogP contribution in [0.3, 0.4) is 0 Å². The minimum Gasteiger partial charge on any atom is -0.426 e.